The molecule has 2 aromatic carbocycles. The van der Waals surface area contributed by atoms with Gasteiger partial charge in [0.1, 0.15) is 15.5 Å². The average molecular weight is 412 g/mol. The van der Waals surface area contributed by atoms with E-state index in [1.54, 1.807) is 24.3 Å². The van der Waals surface area contributed by atoms with E-state index in [1.165, 1.54) is 23.5 Å². The smallest absolute Gasteiger partial charge is 0.263 e. The van der Waals surface area contributed by atoms with Crippen molar-refractivity contribution in [3.05, 3.63) is 81.9 Å². The summed E-state index contributed by atoms with van der Waals surface area (Å²) in [5.41, 5.74) is 9.10. The van der Waals surface area contributed by atoms with Crippen molar-refractivity contribution in [2.75, 3.05) is 5.73 Å². The number of aromatic nitrogens is 1. The van der Waals surface area contributed by atoms with Crippen LogP contribution in [0.3, 0.4) is 0 Å². The molecule has 0 aliphatic carbocycles. The first-order valence-electron chi connectivity index (χ1n) is 8.49. The zero-order chi connectivity index (χ0) is 19.7. The molecule has 2 aromatic heterocycles. The van der Waals surface area contributed by atoms with E-state index in [1.807, 2.05) is 24.3 Å². The van der Waals surface area contributed by atoms with Crippen LogP contribution >= 0.6 is 22.9 Å². The van der Waals surface area contributed by atoms with Crippen molar-refractivity contribution in [3.8, 4) is 11.3 Å². The summed E-state index contributed by atoms with van der Waals surface area (Å²) < 4.78 is 13.0. The van der Waals surface area contributed by atoms with Crippen molar-refractivity contribution < 1.29 is 9.18 Å². The number of thiophene rings is 1. The number of rotatable bonds is 4. The van der Waals surface area contributed by atoms with Crippen molar-refractivity contribution in [1.82, 2.24) is 10.3 Å². The fraction of sp³-hybridized carbons (Fsp3) is 0.0476. The Labute approximate surface area is 169 Å². The highest BCUT2D eigenvalue weighted by molar-refractivity contribution is 7.21. The number of hydrogen-bond acceptors (Lipinski definition) is 4. The van der Waals surface area contributed by atoms with E-state index in [-0.39, 0.29) is 18.3 Å². The zero-order valence-corrected chi connectivity index (χ0v) is 16.2. The minimum atomic E-state index is -0.314. The first-order valence-corrected chi connectivity index (χ1v) is 9.68. The van der Waals surface area contributed by atoms with Gasteiger partial charge in [0, 0.05) is 22.5 Å². The number of halogens is 2. The Morgan fingerprint density at radius 1 is 1.07 bits per heavy atom. The molecule has 0 atom stereocenters. The number of anilines is 1. The van der Waals surface area contributed by atoms with Crippen molar-refractivity contribution in [3.63, 3.8) is 0 Å². The molecule has 4 rings (SSSR count). The fourth-order valence-corrected chi connectivity index (χ4v) is 3.95. The third-order valence-electron chi connectivity index (χ3n) is 4.31. The zero-order valence-electron chi connectivity index (χ0n) is 14.6. The molecule has 1 amide bonds. The minimum Gasteiger partial charge on any atom is -0.397 e. The standard InChI is InChI=1S/C21H15ClFN3OS/c22-14-5-3-13(4-6-14)17-10-9-16-18(24)19(28-21(16)26-17)20(27)25-11-12-1-7-15(23)8-2-12/h1-10H,11,24H2,(H,25,27). The Morgan fingerprint density at radius 3 is 2.50 bits per heavy atom. The molecule has 0 spiro atoms. The maximum atomic E-state index is 13.0. The largest absolute Gasteiger partial charge is 0.397 e. The van der Waals surface area contributed by atoms with Crippen LogP contribution in [0.1, 0.15) is 15.2 Å². The molecule has 7 heteroatoms. The highest BCUT2D eigenvalue weighted by Crippen LogP contribution is 2.34. The number of carbonyl (C=O) groups excluding carboxylic acids is 1. The predicted molar refractivity (Wildman–Crippen MR) is 112 cm³/mol. The van der Waals surface area contributed by atoms with Crippen molar-refractivity contribution in [2.24, 2.45) is 0 Å². The summed E-state index contributed by atoms with van der Waals surface area (Å²) in [5.74, 6) is -0.593. The lowest BCUT2D eigenvalue weighted by atomic mass is 10.1. The number of pyridine rings is 1. The van der Waals surface area contributed by atoms with Crippen LogP contribution in [-0.4, -0.2) is 10.9 Å². The third-order valence-corrected chi connectivity index (χ3v) is 5.67. The number of hydrogen-bond donors (Lipinski definition) is 2. The van der Waals surface area contributed by atoms with Gasteiger partial charge in [-0.3, -0.25) is 4.79 Å². The highest BCUT2D eigenvalue weighted by atomic mass is 35.5. The van der Waals surface area contributed by atoms with Gasteiger partial charge in [-0.25, -0.2) is 9.37 Å². The van der Waals surface area contributed by atoms with Gasteiger partial charge in [0.05, 0.1) is 11.4 Å². The maximum absolute atomic E-state index is 13.0. The van der Waals surface area contributed by atoms with E-state index in [4.69, 9.17) is 17.3 Å². The second kappa shape index (κ2) is 7.58. The van der Waals surface area contributed by atoms with Gasteiger partial charge in [-0.1, -0.05) is 35.9 Å². The van der Waals surface area contributed by atoms with Crippen molar-refractivity contribution in [2.45, 2.75) is 6.54 Å². The molecule has 0 fully saturated rings. The number of nitrogens with two attached hydrogens (primary N) is 1. The van der Waals surface area contributed by atoms with Crippen LogP contribution in [0.4, 0.5) is 10.1 Å². The van der Waals surface area contributed by atoms with Crippen LogP contribution < -0.4 is 11.1 Å². The van der Waals surface area contributed by atoms with Gasteiger partial charge in [-0.05, 0) is 42.0 Å². The molecule has 0 saturated heterocycles. The lowest BCUT2D eigenvalue weighted by Gasteiger charge is -2.04. The Kier molecular flexibility index (Phi) is 4.98. The lowest BCUT2D eigenvalue weighted by Crippen LogP contribution is -2.22. The Morgan fingerprint density at radius 2 is 1.79 bits per heavy atom. The quantitative estimate of drug-likeness (QED) is 0.480. The first kappa shape index (κ1) is 18.4. The molecule has 28 heavy (non-hydrogen) atoms. The molecule has 4 nitrogen and oxygen atoms in total. The molecule has 3 N–H and O–H groups in total. The normalized spacial score (nSPS) is 10.9. The van der Waals surface area contributed by atoms with Crippen LogP contribution in [0.5, 0.6) is 0 Å². The van der Waals surface area contributed by atoms with Crippen LogP contribution in [0.2, 0.25) is 5.02 Å². The SMILES string of the molecule is Nc1c(C(=O)NCc2ccc(F)cc2)sc2nc(-c3ccc(Cl)cc3)ccc12. The van der Waals surface area contributed by atoms with Crippen LogP contribution in [0.25, 0.3) is 21.5 Å². The van der Waals surface area contributed by atoms with Gasteiger partial charge < -0.3 is 11.1 Å². The third kappa shape index (κ3) is 3.69. The second-order valence-electron chi connectivity index (χ2n) is 6.21. The van der Waals surface area contributed by atoms with E-state index >= 15 is 0 Å². The molecule has 4 aromatic rings. The summed E-state index contributed by atoms with van der Waals surface area (Å²) in [6, 6.07) is 17.1. The fourth-order valence-electron chi connectivity index (χ4n) is 2.81. The Balaban J connectivity index is 1.58. The topological polar surface area (TPSA) is 68.0 Å². The molecule has 140 valence electrons. The molecule has 0 bridgehead atoms. The van der Waals surface area contributed by atoms with E-state index in [2.05, 4.69) is 10.3 Å². The number of nitrogen functional groups attached to an aromatic ring is 1. The minimum absolute atomic E-state index is 0.280. The highest BCUT2D eigenvalue weighted by Gasteiger charge is 2.17. The van der Waals surface area contributed by atoms with Crippen LogP contribution in [0, 0.1) is 5.82 Å². The molecule has 0 saturated carbocycles. The molecule has 0 aliphatic rings. The summed E-state index contributed by atoms with van der Waals surface area (Å²) >= 11 is 7.18. The second-order valence-corrected chi connectivity index (χ2v) is 7.65. The molecule has 0 aliphatic heterocycles. The average Bonchev–Trinajstić information content (AvgIpc) is 3.04. The molecular weight excluding hydrogens is 397 g/mol. The first-order chi connectivity index (χ1) is 13.5. The Hall–Kier alpha value is -2.96. The maximum Gasteiger partial charge on any atom is 0.263 e. The summed E-state index contributed by atoms with van der Waals surface area (Å²) in [7, 11) is 0. The number of nitrogens with one attached hydrogen (secondary N) is 1. The summed E-state index contributed by atoms with van der Waals surface area (Å²) in [4.78, 5) is 18.3. The number of carbonyl (C=O) groups is 1. The number of benzene rings is 2. The van der Waals surface area contributed by atoms with Gasteiger partial charge >= 0.3 is 0 Å². The number of fused-ring (bicyclic) bond motifs is 1. The van der Waals surface area contributed by atoms with Crippen molar-refractivity contribution >= 4 is 44.7 Å². The number of nitrogens with zero attached hydrogens (tertiary/aromatic N) is 1. The molecule has 0 unspecified atom stereocenters. The molecule has 2 heterocycles. The molecule has 0 radical (unpaired) electrons. The van der Waals surface area contributed by atoms with Crippen LogP contribution in [0.15, 0.2) is 60.7 Å². The van der Waals surface area contributed by atoms with E-state index in [0.29, 0.717) is 20.4 Å². The Bertz CT molecular complexity index is 1160. The summed E-state index contributed by atoms with van der Waals surface area (Å²) in [6.45, 7) is 0.288. The van der Waals surface area contributed by atoms with E-state index < -0.39 is 0 Å². The van der Waals surface area contributed by atoms with Gasteiger partial charge in [-0.15, -0.1) is 11.3 Å². The summed E-state index contributed by atoms with van der Waals surface area (Å²) in [5, 5.41) is 4.22. The summed E-state index contributed by atoms with van der Waals surface area (Å²) in [6.07, 6.45) is 0. The van der Waals surface area contributed by atoms with Gasteiger partial charge in [0.25, 0.3) is 5.91 Å². The molecular formula is C21H15ClFN3OS. The van der Waals surface area contributed by atoms with Gasteiger partial charge in [0.2, 0.25) is 0 Å². The predicted octanol–water partition coefficient (Wildman–Crippen LogP) is 5.27. The number of amides is 1. The monoisotopic (exact) mass is 411 g/mol. The van der Waals surface area contributed by atoms with Gasteiger partial charge in [-0.2, -0.15) is 0 Å². The van der Waals surface area contributed by atoms with Crippen molar-refractivity contribution in [1.29, 1.82) is 0 Å². The van der Waals surface area contributed by atoms with E-state index in [9.17, 15) is 9.18 Å². The lowest BCUT2D eigenvalue weighted by molar-refractivity contribution is 0.0956. The van der Waals surface area contributed by atoms with E-state index in [0.717, 1.165) is 22.2 Å². The van der Waals surface area contributed by atoms with Gasteiger partial charge in [0.15, 0.2) is 0 Å². The van der Waals surface area contributed by atoms with Crippen LogP contribution in [-0.2, 0) is 6.54 Å².